The zero-order valence-electron chi connectivity index (χ0n) is 9.62. The Hall–Kier alpha value is -1.55. The van der Waals surface area contributed by atoms with Gasteiger partial charge in [0.15, 0.2) is 0 Å². The van der Waals surface area contributed by atoms with Gasteiger partial charge in [-0.25, -0.2) is 0 Å². The first-order valence-electron chi connectivity index (χ1n) is 5.39. The monoisotopic (exact) mass is 216 g/mol. The third kappa shape index (κ3) is 4.32. The Morgan fingerprint density at radius 3 is 2.81 bits per heavy atom. The van der Waals surface area contributed by atoms with Crippen molar-refractivity contribution < 1.29 is 4.79 Å². The fourth-order valence-corrected chi connectivity index (χ4v) is 1.38. The van der Waals surface area contributed by atoms with E-state index >= 15 is 0 Å². The van der Waals surface area contributed by atoms with E-state index in [0.29, 0.717) is 6.54 Å². The van der Waals surface area contributed by atoms with Crippen molar-refractivity contribution in [3.8, 4) is 0 Å². The number of hydrogen-bond acceptors (Lipinski definition) is 2. The second kappa shape index (κ2) is 6.85. The molecule has 0 atom stereocenters. The van der Waals surface area contributed by atoms with Crippen LogP contribution in [-0.4, -0.2) is 26.8 Å². The SMILES string of the molecule is Bc1ccccc1CNCCNC(=O)C=C. The molecule has 0 bridgehead atoms. The first kappa shape index (κ1) is 12.5. The van der Waals surface area contributed by atoms with Gasteiger partial charge in [-0.15, -0.1) is 0 Å². The average Bonchev–Trinajstić information content (AvgIpc) is 2.30. The molecule has 0 fully saturated rings. The van der Waals surface area contributed by atoms with E-state index in [1.54, 1.807) is 0 Å². The standard InChI is InChI=1S/C12H17BN2O/c1-2-12(16)15-8-7-14-9-10-5-3-4-6-11(10)13/h2-6,14H,1,7-9,13H2,(H,15,16). The van der Waals surface area contributed by atoms with Gasteiger partial charge in [-0.2, -0.15) is 0 Å². The molecule has 0 saturated carbocycles. The first-order chi connectivity index (χ1) is 7.74. The lowest BCUT2D eigenvalue weighted by Gasteiger charge is -2.07. The van der Waals surface area contributed by atoms with Gasteiger partial charge >= 0.3 is 0 Å². The van der Waals surface area contributed by atoms with Gasteiger partial charge in [0.1, 0.15) is 7.85 Å². The van der Waals surface area contributed by atoms with Crippen molar-refractivity contribution >= 4 is 19.2 Å². The molecule has 1 aromatic carbocycles. The highest BCUT2D eigenvalue weighted by molar-refractivity contribution is 6.33. The molecule has 1 aromatic rings. The van der Waals surface area contributed by atoms with E-state index < -0.39 is 0 Å². The summed E-state index contributed by atoms with van der Waals surface area (Å²) in [5.74, 6) is -0.127. The topological polar surface area (TPSA) is 41.1 Å². The lowest BCUT2D eigenvalue weighted by atomic mass is 9.91. The van der Waals surface area contributed by atoms with Gasteiger partial charge in [-0.05, 0) is 11.6 Å². The summed E-state index contributed by atoms with van der Waals surface area (Å²) in [5.41, 5.74) is 2.57. The second-order valence-electron chi connectivity index (χ2n) is 3.60. The molecule has 0 unspecified atom stereocenters. The summed E-state index contributed by atoms with van der Waals surface area (Å²) in [6.07, 6.45) is 1.28. The fraction of sp³-hybridized carbons (Fsp3) is 0.250. The first-order valence-corrected chi connectivity index (χ1v) is 5.39. The van der Waals surface area contributed by atoms with Crippen molar-refractivity contribution in [2.75, 3.05) is 13.1 Å². The van der Waals surface area contributed by atoms with Gasteiger partial charge in [0, 0.05) is 19.6 Å². The molecule has 0 aromatic heterocycles. The molecule has 0 saturated heterocycles. The Balaban J connectivity index is 2.19. The van der Waals surface area contributed by atoms with Crippen LogP contribution in [-0.2, 0) is 11.3 Å². The Kier molecular flexibility index (Phi) is 5.36. The number of carbonyl (C=O) groups excluding carboxylic acids is 1. The van der Waals surface area contributed by atoms with Gasteiger partial charge in [-0.1, -0.05) is 36.3 Å². The minimum Gasteiger partial charge on any atom is -0.351 e. The van der Waals surface area contributed by atoms with Crippen LogP contribution in [0.5, 0.6) is 0 Å². The molecule has 84 valence electrons. The largest absolute Gasteiger partial charge is 0.351 e. The van der Waals surface area contributed by atoms with Crippen LogP contribution in [0.1, 0.15) is 5.56 Å². The average molecular weight is 216 g/mol. The normalized spacial score (nSPS) is 9.75. The number of carbonyl (C=O) groups is 1. The smallest absolute Gasteiger partial charge is 0.243 e. The van der Waals surface area contributed by atoms with Crippen LogP contribution in [0.2, 0.25) is 0 Å². The fourth-order valence-electron chi connectivity index (χ4n) is 1.38. The van der Waals surface area contributed by atoms with Gasteiger partial charge in [-0.3, -0.25) is 4.79 Å². The minimum absolute atomic E-state index is 0.127. The van der Waals surface area contributed by atoms with E-state index in [-0.39, 0.29) is 5.91 Å². The van der Waals surface area contributed by atoms with Crippen molar-refractivity contribution in [1.29, 1.82) is 0 Å². The summed E-state index contributed by atoms with van der Waals surface area (Å²) in [4.78, 5) is 10.8. The lowest BCUT2D eigenvalue weighted by molar-refractivity contribution is -0.116. The van der Waals surface area contributed by atoms with Crippen LogP contribution >= 0.6 is 0 Å². The molecule has 0 radical (unpaired) electrons. The summed E-state index contributed by atoms with van der Waals surface area (Å²) in [6, 6.07) is 8.26. The van der Waals surface area contributed by atoms with Crippen LogP contribution in [0, 0.1) is 0 Å². The van der Waals surface area contributed by atoms with Gasteiger partial charge in [0.2, 0.25) is 5.91 Å². The number of hydrogen-bond donors (Lipinski definition) is 2. The molecular weight excluding hydrogens is 199 g/mol. The van der Waals surface area contributed by atoms with Gasteiger partial charge in [0.25, 0.3) is 0 Å². The van der Waals surface area contributed by atoms with Crippen molar-refractivity contribution in [3.63, 3.8) is 0 Å². The third-order valence-corrected chi connectivity index (χ3v) is 2.36. The molecule has 16 heavy (non-hydrogen) atoms. The Morgan fingerprint density at radius 2 is 2.12 bits per heavy atom. The quantitative estimate of drug-likeness (QED) is 0.376. The molecule has 0 aliphatic carbocycles. The zero-order valence-corrected chi connectivity index (χ0v) is 9.62. The van der Waals surface area contributed by atoms with Gasteiger partial charge in [0.05, 0.1) is 0 Å². The van der Waals surface area contributed by atoms with Crippen LogP contribution in [0.25, 0.3) is 0 Å². The predicted octanol–water partition coefficient (Wildman–Crippen LogP) is -0.663. The maximum Gasteiger partial charge on any atom is 0.243 e. The van der Waals surface area contributed by atoms with Crippen LogP contribution in [0.15, 0.2) is 36.9 Å². The van der Waals surface area contributed by atoms with Crippen molar-refractivity contribution in [2.24, 2.45) is 0 Å². The molecular formula is C12H17BN2O. The van der Waals surface area contributed by atoms with E-state index in [0.717, 1.165) is 13.1 Å². The summed E-state index contributed by atoms with van der Waals surface area (Å²) in [6.45, 7) is 5.60. The zero-order chi connectivity index (χ0) is 11.8. The van der Waals surface area contributed by atoms with E-state index in [1.165, 1.54) is 17.1 Å². The van der Waals surface area contributed by atoms with Crippen molar-refractivity contribution in [3.05, 3.63) is 42.5 Å². The predicted molar refractivity (Wildman–Crippen MR) is 69.5 cm³/mol. The van der Waals surface area contributed by atoms with Crippen LogP contribution in [0.4, 0.5) is 0 Å². The molecule has 0 aliphatic heterocycles. The van der Waals surface area contributed by atoms with Crippen LogP contribution in [0.3, 0.4) is 0 Å². The molecule has 0 spiro atoms. The molecule has 0 heterocycles. The highest BCUT2D eigenvalue weighted by Crippen LogP contribution is 1.92. The summed E-state index contributed by atoms with van der Waals surface area (Å²) < 4.78 is 0. The maximum absolute atomic E-state index is 10.8. The third-order valence-electron chi connectivity index (χ3n) is 2.36. The molecule has 1 rings (SSSR count). The van der Waals surface area contributed by atoms with Crippen molar-refractivity contribution in [1.82, 2.24) is 10.6 Å². The number of amides is 1. The van der Waals surface area contributed by atoms with E-state index in [2.05, 4.69) is 37.2 Å². The minimum atomic E-state index is -0.127. The number of nitrogens with one attached hydrogen (secondary N) is 2. The number of rotatable bonds is 6. The maximum atomic E-state index is 10.8. The summed E-state index contributed by atoms with van der Waals surface area (Å²) >= 11 is 0. The highest BCUT2D eigenvalue weighted by atomic mass is 16.1. The van der Waals surface area contributed by atoms with Gasteiger partial charge < -0.3 is 10.6 Å². The molecule has 3 nitrogen and oxygen atoms in total. The van der Waals surface area contributed by atoms with E-state index in [9.17, 15) is 4.79 Å². The Bertz CT molecular complexity index is 366. The molecule has 2 N–H and O–H groups in total. The van der Waals surface area contributed by atoms with Crippen LogP contribution < -0.4 is 16.1 Å². The van der Waals surface area contributed by atoms with E-state index in [4.69, 9.17) is 0 Å². The highest BCUT2D eigenvalue weighted by Gasteiger charge is 1.96. The summed E-state index contributed by atoms with van der Waals surface area (Å²) in [5, 5.41) is 5.99. The molecule has 0 aliphatic rings. The summed E-state index contributed by atoms with van der Waals surface area (Å²) in [7, 11) is 2.09. The molecule has 1 amide bonds. The number of benzene rings is 1. The second-order valence-corrected chi connectivity index (χ2v) is 3.60. The Labute approximate surface area is 97.3 Å². The lowest BCUT2D eigenvalue weighted by Crippen LogP contribution is -2.31. The van der Waals surface area contributed by atoms with Crippen molar-refractivity contribution in [2.45, 2.75) is 6.54 Å². The molecule has 4 heteroatoms. The Morgan fingerprint density at radius 1 is 1.38 bits per heavy atom. The van der Waals surface area contributed by atoms with E-state index in [1.807, 2.05) is 12.1 Å².